The highest BCUT2D eigenvalue weighted by atomic mass is 16.5. The molecule has 1 aromatic rings. The number of hydrogen-bond donors (Lipinski definition) is 1. The molecule has 0 spiro atoms. The first-order chi connectivity index (χ1) is 11.9. The van der Waals surface area contributed by atoms with Gasteiger partial charge >= 0.3 is 5.97 Å². The smallest absolute Gasteiger partial charge is 0.315 e. The molecule has 5 heteroatoms. The van der Waals surface area contributed by atoms with Crippen LogP contribution in [0.1, 0.15) is 51.5 Å². The number of ketones is 1. The number of aromatic hydroxyl groups is 1. The van der Waals surface area contributed by atoms with Crippen LogP contribution in [-0.2, 0) is 14.3 Å². The van der Waals surface area contributed by atoms with Crippen LogP contribution in [0.5, 0.6) is 5.75 Å². The molecule has 1 aromatic carbocycles. The quantitative estimate of drug-likeness (QED) is 0.854. The van der Waals surface area contributed by atoms with E-state index >= 15 is 0 Å². The molecule has 0 bridgehead atoms. The fourth-order valence-electron chi connectivity index (χ4n) is 3.70. The Bertz CT molecular complexity index is 776. The molecule has 25 heavy (non-hydrogen) atoms. The second-order valence-corrected chi connectivity index (χ2v) is 6.93. The normalized spacial score (nSPS) is 23.4. The number of phenols is 1. The maximum atomic E-state index is 12.8. The van der Waals surface area contributed by atoms with Crippen LogP contribution >= 0.6 is 0 Å². The van der Waals surface area contributed by atoms with E-state index in [9.17, 15) is 14.7 Å². The standard InChI is InChI=1S/C20H23NO4/c1-11(2)25-20(24)17-12(3)21-15-8-5-9-16(23)19(15)18(17)13-6-4-7-14(22)10-13/h4,6-7,10-11,17-18,22H,5,8-9H2,1-3H3/t17?,18-/m1/s1. The third-order valence-electron chi connectivity index (χ3n) is 4.67. The van der Waals surface area contributed by atoms with Crippen LogP contribution in [0.25, 0.3) is 0 Å². The van der Waals surface area contributed by atoms with Gasteiger partial charge in [0.2, 0.25) is 0 Å². The zero-order valence-corrected chi connectivity index (χ0v) is 14.8. The van der Waals surface area contributed by atoms with Gasteiger partial charge in [0.1, 0.15) is 11.7 Å². The maximum Gasteiger partial charge on any atom is 0.315 e. The Balaban J connectivity index is 2.14. The Morgan fingerprint density at radius 2 is 2.08 bits per heavy atom. The summed E-state index contributed by atoms with van der Waals surface area (Å²) in [6.07, 6.45) is 1.74. The molecule has 1 aliphatic carbocycles. The van der Waals surface area contributed by atoms with Crippen molar-refractivity contribution in [3.8, 4) is 5.75 Å². The molecular weight excluding hydrogens is 318 g/mol. The van der Waals surface area contributed by atoms with Crippen molar-refractivity contribution in [2.24, 2.45) is 10.9 Å². The number of allylic oxidation sites excluding steroid dienone is 2. The summed E-state index contributed by atoms with van der Waals surface area (Å²) in [7, 11) is 0. The molecule has 0 saturated carbocycles. The SMILES string of the molecule is CC1=NC2=C(C(=O)CCC2)[C@H](c2cccc(O)c2)C1C(=O)OC(C)C. The first-order valence-corrected chi connectivity index (χ1v) is 8.69. The van der Waals surface area contributed by atoms with Gasteiger partial charge in [-0.2, -0.15) is 0 Å². The van der Waals surface area contributed by atoms with Crippen molar-refractivity contribution < 1.29 is 19.4 Å². The van der Waals surface area contributed by atoms with E-state index in [1.165, 1.54) is 0 Å². The molecule has 1 aliphatic heterocycles. The minimum Gasteiger partial charge on any atom is -0.508 e. The van der Waals surface area contributed by atoms with E-state index in [2.05, 4.69) is 4.99 Å². The number of ether oxygens (including phenoxy) is 1. The van der Waals surface area contributed by atoms with Gasteiger partial charge in [-0.15, -0.1) is 0 Å². The Hall–Kier alpha value is -2.43. The summed E-state index contributed by atoms with van der Waals surface area (Å²) in [6, 6.07) is 6.76. The fourth-order valence-corrected chi connectivity index (χ4v) is 3.70. The molecule has 0 amide bonds. The topological polar surface area (TPSA) is 76.0 Å². The van der Waals surface area contributed by atoms with Gasteiger partial charge in [-0.1, -0.05) is 12.1 Å². The number of nitrogens with zero attached hydrogens (tertiary/aromatic N) is 1. The van der Waals surface area contributed by atoms with Gasteiger partial charge < -0.3 is 9.84 Å². The molecule has 132 valence electrons. The predicted octanol–water partition coefficient (Wildman–Crippen LogP) is 3.53. The number of benzene rings is 1. The van der Waals surface area contributed by atoms with Crippen molar-refractivity contribution in [1.29, 1.82) is 0 Å². The lowest BCUT2D eigenvalue weighted by atomic mass is 9.71. The summed E-state index contributed by atoms with van der Waals surface area (Å²) in [5.74, 6) is -1.34. The highest BCUT2D eigenvalue weighted by Gasteiger charge is 2.43. The van der Waals surface area contributed by atoms with Crippen molar-refractivity contribution in [3.05, 3.63) is 41.1 Å². The van der Waals surface area contributed by atoms with E-state index < -0.39 is 11.8 Å². The number of esters is 1. The van der Waals surface area contributed by atoms with E-state index in [-0.39, 0.29) is 23.6 Å². The van der Waals surface area contributed by atoms with Crippen LogP contribution < -0.4 is 0 Å². The van der Waals surface area contributed by atoms with Gasteiger partial charge in [-0.05, 0) is 51.3 Å². The van der Waals surface area contributed by atoms with Gasteiger partial charge in [0, 0.05) is 29.3 Å². The summed E-state index contributed by atoms with van der Waals surface area (Å²) in [4.78, 5) is 30.0. The zero-order valence-electron chi connectivity index (χ0n) is 14.8. The average Bonchev–Trinajstić information content (AvgIpc) is 2.53. The van der Waals surface area contributed by atoms with Gasteiger partial charge in [0.25, 0.3) is 0 Å². The largest absolute Gasteiger partial charge is 0.508 e. The second-order valence-electron chi connectivity index (χ2n) is 6.93. The zero-order chi connectivity index (χ0) is 18.1. The summed E-state index contributed by atoms with van der Waals surface area (Å²) < 4.78 is 5.44. The van der Waals surface area contributed by atoms with Crippen molar-refractivity contribution in [1.82, 2.24) is 0 Å². The summed E-state index contributed by atoms with van der Waals surface area (Å²) in [6.45, 7) is 5.41. The molecule has 0 aromatic heterocycles. The number of rotatable bonds is 3. The van der Waals surface area contributed by atoms with Crippen LogP contribution in [0.15, 0.2) is 40.5 Å². The number of carbonyl (C=O) groups is 2. The Morgan fingerprint density at radius 1 is 1.32 bits per heavy atom. The van der Waals surface area contributed by atoms with Gasteiger partial charge in [-0.3, -0.25) is 14.6 Å². The minimum absolute atomic E-state index is 0.0354. The Kier molecular flexibility index (Phi) is 4.75. The van der Waals surface area contributed by atoms with E-state index in [1.54, 1.807) is 32.0 Å². The van der Waals surface area contributed by atoms with E-state index in [1.807, 2.05) is 13.0 Å². The van der Waals surface area contributed by atoms with E-state index in [4.69, 9.17) is 4.74 Å². The maximum absolute atomic E-state index is 12.8. The molecule has 2 aliphatic rings. The van der Waals surface area contributed by atoms with Gasteiger partial charge in [0.15, 0.2) is 5.78 Å². The first kappa shape index (κ1) is 17.4. The minimum atomic E-state index is -0.648. The molecule has 2 atom stereocenters. The van der Waals surface area contributed by atoms with Crippen molar-refractivity contribution in [3.63, 3.8) is 0 Å². The van der Waals surface area contributed by atoms with Gasteiger partial charge in [-0.25, -0.2) is 0 Å². The summed E-state index contributed by atoms with van der Waals surface area (Å²) >= 11 is 0. The van der Waals surface area contributed by atoms with E-state index in [0.29, 0.717) is 17.7 Å². The number of phenolic OH excluding ortho intramolecular Hbond substituents is 1. The van der Waals surface area contributed by atoms with Crippen molar-refractivity contribution in [2.75, 3.05) is 0 Å². The molecule has 1 N–H and O–H groups in total. The third-order valence-corrected chi connectivity index (χ3v) is 4.67. The predicted molar refractivity (Wildman–Crippen MR) is 94.6 cm³/mol. The third kappa shape index (κ3) is 3.36. The number of aliphatic imine (C=N–C) groups is 1. The summed E-state index contributed by atoms with van der Waals surface area (Å²) in [5.41, 5.74) is 2.78. The number of Topliss-reactive ketones (excluding diaryl/α,β-unsaturated/α-hetero) is 1. The molecule has 1 unspecified atom stereocenters. The lowest BCUT2D eigenvalue weighted by Gasteiger charge is -2.34. The lowest BCUT2D eigenvalue weighted by Crippen LogP contribution is -2.38. The molecule has 0 radical (unpaired) electrons. The molecule has 0 saturated heterocycles. The van der Waals surface area contributed by atoms with Gasteiger partial charge in [0.05, 0.1) is 6.10 Å². The highest BCUT2D eigenvalue weighted by Crippen LogP contribution is 2.44. The van der Waals surface area contributed by atoms with Crippen LogP contribution in [-0.4, -0.2) is 28.7 Å². The second kappa shape index (κ2) is 6.82. The monoisotopic (exact) mass is 341 g/mol. The van der Waals surface area contributed by atoms with Crippen LogP contribution in [0.4, 0.5) is 0 Å². The van der Waals surface area contributed by atoms with Crippen LogP contribution in [0.2, 0.25) is 0 Å². The Morgan fingerprint density at radius 3 is 2.76 bits per heavy atom. The van der Waals surface area contributed by atoms with Crippen molar-refractivity contribution >= 4 is 17.5 Å². The van der Waals surface area contributed by atoms with Crippen LogP contribution in [0, 0.1) is 5.92 Å². The molecular formula is C20H23NO4. The Labute approximate surface area is 147 Å². The average molecular weight is 341 g/mol. The number of hydrogen-bond acceptors (Lipinski definition) is 5. The molecule has 5 nitrogen and oxygen atoms in total. The van der Waals surface area contributed by atoms with Crippen molar-refractivity contribution in [2.45, 2.75) is 52.1 Å². The first-order valence-electron chi connectivity index (χ1n) is 8.69. The molecule has 3 rings (SSSR count). The fraction of sp³-hybridized carbons (Fsp3) is 0.450. The summed E-state index contributed by atoms with van der Waals surface area (Å²) in [5, 5.41) is 9.89. The molecule has 0 fully saturated rings. The lowest BCUT2D eigenvalue weighted by molar-refractivity contribution is -0.150. The number of carbonyl (C=O) groups excluding carboxylic acids is 2. The highest BCUT2D eigenvalue weighted by molar-refractivity contribution is 6.08. The molecule has 1 heterocycles. The van der Waals surface area contributed by atoms with E-state index in [0.717, 1.165) is 24.1 Å². The van der Waals surface area contributed by atoms with Crippen LogP contribution in [0.3, 0.4) is 0 Å².